The van der Waals surface area contributed by atoms with Crippen molar-refractivity contribution in [2.24, 2.45) is 11.5 Å². The largest absolute Gasteiger partial charge is 0.387 e. The predicted octanol–water partition coefficient (Wildman–Crippen LogP) is 3.49. The zero-order valence-electron chi connectivity index (χ0n) is 13.6. The fourth-order valence-electron chi connectivity index (χ4n) is 1.94. The monoisotopic (exact) mass is 358 g/mol. The van der Waals surface area contributed by atoms with E-state index < -0.39 is 6.10 Å². The van der Waals surface area contributed by atoms with Crippen LogP contribution in [0.15, 0.2) is 60.7 Å². The highest BCUT2D eigenvalue weighted by atomic mass is 35.5. The Hall–Kier alpha value is -1.10. The van der Waals surface area contributed by atoms with E-state index in [4.69, 9.17) is 11.5 Å². The van der Waals surface area contributed by atoms with E-state index in [1.165, 1.54) is 5.56 Å². The van der Waals surface area contributed by atoms with Gasteiger partial charge in [-0.3, -0.25) is 0 Å². The first-order chi connectivity index (χ1) is 10.0. The Balaban J connectivity index is 0. The van der Waals surface area contributed by atoms with E-state index in [0.29, 0.717) is 0 Å². The van der Waals surface area contributed by atoms with Gasteiger partial charge in [0, 0.05) is 12.1 Å². The highest BCUT2D eigenvalue weighted by molar-refractivity contribution is 5.85. The van der Waals surface area contributed by atoms with E-state index in [0.717, 1.165) is 12.0 Å². The summed E-state index contributed by atoms with van der Waals surface area (Å²) in [6.07, 6.45) is 0.428. The van der Waals surface area contributed by atoms with Crippen LogP contribution in [0.3, 0.4) is 0 Å². The normalized spacial score (nSPS) is 13.3. The first-order valence-corrected chi connectivity index (χ1v) is 7.28. The van der Waals surface area contributed by atoms with Crippen molar-refractivity contribution < 1.29 is 5.11 Å². The maximum atomic E-state index is 9.47. The van der Waals surface area contributed by atoms with Gasteiger partial charge in [-0.05, 0) is 31.4 Å². The van der Waals surface area contributed by atoms with Crippen molar-refractivity contribution in [2.75, 3.05) is 0 Å². The number of nitrogens with two attached hydrogens (primary N) is 2. The highest BCUT2D eigenvalue weighted by Crippen LogP contribution is 2.13. The van der Waals surface area contributed by atoms with Gasteiger partial charge in [0.25, 0.3) is 0 Å². The maximum absolute atomic E-state index is 9.47. The average Bonchev–Trinajstić information content (AvgIpc) is 2.48. The molecule has 0 spiro atoms. The molecule has 0 aromatic heterocycles. The summed E-state index contributed by atoms with van der Waals surface area (Å²) in [5.41, 5.74) is 13.3. The van der Waals surface area contributed by atoms with Gasteiger partial charge < -0.3 is 16.6 Å². The van der Waals surface area contributed by atoms with Gasteiger partial charge in [-0.2, -0.15) is 0 Å². The fourth-order valence-corrected chi connectivity index (χ4v) is 1.94. The molecule has 2 aromatic rings. The number of aliphatic hydroxyl groups is 1. The summed E-state index contributed by atoms with van der Waals surface area (Å²) in [5, 5.41) is 9.47. The zero-order chi connectivity index (χ0) is 15.7. The molecule has 23 heavy (non-hydrogen) atoms. The summed E-state index contributed by atoms with van der Waals surface area (Å²) in [6, 6.07) is 19.8. The molecule has 0 bridgehead atoms. The van der Waals surface area contributed by atoms with Crippen LogP contribution < -0.4 is 11.5 Å². The van der Waals surface area contributed by atoms with Crippen LogP contribution in [0.5, 0.6) is 0 Å². The van der Waals surface area contributed by atoms with Crippen LogP contribution in [0, 0.1) is 0 Å². The lowest BCUT2D eigenvalue weighted by Crippen LogP contribution is -2.24. The van der Waals surface area contributed by atoms with Gasteiger partial charge in [0.2, 0.25) is 0 Å². The molecule has 0 saturated carbocycles. The molecule has 3 atom stereocenters. The Morgan fingerprint density at radius 3 is 1.65 bits per heavy atom. The van der Waals surface area contributed by atoms with Crippen LogP contribution in [0.4, 0.5) is 0 Å². The molecule has 2 aromatic carbocycles. The second kappa shape index (κ2) is 13.3. The lowest BCUT2D eigenvalue weighted by Gasteiger charge is -2.13. The summed E-state index contributed by atoms with van der Waals surface area (Å²) in [5.74, 6) is 0. The fraction of sp³-hybridized carbons (Fsp3) is 0.333. The molecular formula is C18H28Cl2N2O. The third-order valence-corrected chi connectivity index (χ3v) is 3.04. The molecule has 0 aliphatic rings. The van der Waals surface area contributed by atoms with Crippen molar-refractivity contribution in [3.05, 3.63) is 71.8 Å². The molecule has 2 rings (SSSR count). The van der Waals surface area contributed by atoms with E-state index in [1.807, 2.05) is 55.5 Å². The zero-order valence-corrected chi connectivity index (χ0v) is 15.3. The summed E-state index contributed by atoms with van der Waals surface area (Å²) >= 11 is 0. The lowest BCUT2D eigenvalue weighted by molar-refractivity contribution is 0.153. The van der Waals surface area contributed by atoms with E-state index in [9.17, 15) is 5.11 Å². The molecular weight excluding hydrogens is 331 g/mol. The molecule has 0 amide bonds. The molecule has 5 heteroatoms. The first kappa shape index (κ1) is 24.2. The number of hydrogen-bond donors (Lipinski definition) is 3. The Kier molecular flexibility index (Phi) is 14.0. The van der Waals surface area contributed by atoms with E-state index in [-0.39, 0.29) is 36.9 Å². The third kappa shape index (κ3) is 10.3. The van der Waals surface area contributed by atoms with E-state index in [2.05, 4.69) is 12.1 Å². The third-order valence-electron chi connectivity index (χ3n) is 3.04. The Morgan fingerprint density at radius 2 is 1.26 bits per heavy atom. The van der Waals surface area contributed by atoms with Gasteiger partial charge in [0.05, 0.1) is 6.10 Å². The van der Waals surface area contributed by atoms with Crippen molar-refractivity contribution in [3.8, 4) is 0 Å². The van der Waals surface area contributed by atoms with Gasteiger partial charge in [-0.25, -0.2) is 0 Å². The summed E-state index contributed by atoms with van der Waals surface area (Å²) in [7, 11) is 0. The van der Waals surface area contributed by atoms with Crippen molar-refractivity contribution in [1.29, 1.82) is 0 Å². The standard InChI is InChI=1S/C9H13NO.C9H13N.2ClH/c1-7(10)9(11)8-5-3-2-4-6-8;1-8(10)7-9-5-3-2-4-6-9;;/h2-7,9,11H,10H2,1H3;2-6,8H,7,10H2,1H3;2*1H. The summed E-state index contributed by atoms with van der Waals surface area (Å²) in [4.78, 5) is 0. The molecule has 0 heterocycles. The van der Waals surface area contributed by atoms with Crippen LogP contribution in [-0.4, -0.2) is 17.2 Å². The van der Waals surface area contributed by atoms with Gasteiger partial charge in [-0.15, -0.1) is 24.8 Å². The topological polar surface area (TPSA) is 72.3 Å². The maximum Gasteiger partial charge on any atom is 0.0938 e. The number of halogens is 2. The smallest absolute Gasteiger partial charge is 0.0938 e. The number of aliphatic hydroxyl groups excluding tert-OH is 1. The first-order valence-electron chi connectivity index (χ1n) is 7.28. The van der Waals surface area contributed by atoms with Crippen molar-refractivity contribution in [3.63, 3.8) is 0 Å². The lowest BCUT2D eigenvalue weighted by atomic mass is 10.0. The van der Waals surface area contributed by atoms with E-state index in [1.54, 1.807) is 6.92 Å². The predicted molar refractivity (Wildman–Crippen MR) is 103 cm³/mol. The number of hydrogen-bond acceptors (Lipinski definition) is 3. The second-order valence-electron chi connectivity index (χ2n) is 5.38. The van der Waals surface area contributed by atoms with Crippen LogP contribution in [0.25, 0.3) is 0 Å². The van der Waals surface area contributed by atoms with Crippen LogP contribution in [0.1, 0.15) is 31.1 Å². The minimum absolute atomic E-state index is 0. The highest BCUT2D eigenvalue weighted by Gasteiger charge is 2.10. The van der Waals surface area contributed by atoms with Crippen molar-refractivity contribution in [2.45, 2.75) is 38.5 Å². The Labute approximate surface area is 151 Å². The molecule has 0 aliphatic carbocycles. The Morgan fingerprint density at radius 1 is 0.826 bits per heavy atom. The van der Waals surface area contributed by atoms with Gasteiger partial charge in [0.15, 0.2) is 0 Å². The molecule has 0 fully saturated rings. The van der Waals surface area contributed by atoms with Gasteiger partial charge in [0.1, 0.15) is 0 Å². The molecule has 130 valence electrons. The van der Waals surface area contributed by atoms with Gasteiger partial charge in [-0.1, -0.05) is 60.7 Å². The summed E-state index contributed by atoms with van der Waals surface area (Å²) < 4.78 is 0. The molecule has 0 radical (unpaired) electrons. The molecule has 5 N–H and O–H groups in total. The molecule has 0 aliphatic heterocycles. The summed E-state index contributed by atoms with van der Waals surface area (Å²) in [6.45, 7) is 3.81. The van der Waals surface area contributed by atoms with Crippen molar-refractivity contribution >= 4 is 24.8 Å². The van der Waals surface area contributed by atoms with Crippen molar-refractivity contribution in [1.82, 2.24) is 0 Å². The minimum atomic E-state index is -0.545. The van der Waals surface area contributed by atoms with E-state index >= 15 is 0 Å². The second-order valence-corrected chi connectivity index (χ2v) is 5.38. The number of benzene rings is 2. The molecule has 0 saturated heterocycles. The van der Waals surface area contributed by atoms with Gasteiger partial charge >= 0.3 is 0 Å². The molecule has 3 unspecified atom stereocenters. The Bertz CT molecular complexity index is 493. The molecule has 3 nitrogen and oxygen atoms in total. The van der Waals surface area contributed by atoms with Crippen LogP contribution in [-0.2, 0) is 6.42 Å². The van der Waals surface area contributed by atoms with Crippen LogP contribution in [0.2, 0.25) is 0 Å². The van der Waals surface area contributed by atoms with Crippen LogP contribution >= 0.6 is 24.8 Å². The number of rotatable bonds is 4. The SMILES string of the molecule is CC(N)C(O)c1ccccc1.CC(N)Cc1ccccc1.Cl.Cl. The quantitative estimate of drug-likeness (QED) is 0.783. The average molecular weight is 359 g/mol. The minimum Gasteiger partial charge on any atom is -0.387 e.